The highest BCUT2D eigenvalue weighted by Crippen LogP contribution is 2.29. The first-order valence-corrected chi connectivity index (χ1v) is 5.29. The number of aromatic carboxylic acids is 1. The van der Waals surface area contributed by atoms with E-state index in [4.69, 9.17) is 10.8 Å². The molecule has 0 aliphatic carbocycles. The van der Waals surface area contributed by atoms with Crippen molar-refractivity contribution in [2.75, 3.05) is 5.73 Å². The van der Waals surface area contributed by atoms with Gasteiger partial charge in [-0.15, -0.1) is 0 Å². The number of anilines is 1. The Morgan fingerprint density at radius 3 is 2.35 bits per heavy atom. The summed E-state index contributed by atoms with van der Waals surface area (Å²) in [6.45, 7) is 1.84. The molecule has 0 unspecified atom stereocenters. The van der Waals surface area contributed by atoms with Gasteiger partial charge in [-0.25, -0.2) is 4.79 Å². The Morgan fingerprint density at radius 2 is 1.76 bits per heavy atom. The van der Waals surface area contributed by atoms with Crippen LogP contribution in [0.1, 0.15) is 15.9 Å². The van der Waals surface area contributed by atoms with Gasteiger partial charge in [-0.2, -0.15) is 0 Å². The van der Waals surface area contributed by atoms with Crippen LogP contribution in [-0.4, -0.2) is 11.1 Å². The van der Waals surface area contributed by atoms with Crippen LogP contribution in [0.5, 0.6) is 0 Å². The van der Waals surface area contributed by atoms with Crippen molar-refractivity contribution < 1.29 is 9.90 Å². The largest absolute Gasteiger partial charge is 0.478 e. The minimum atomic E-state index is -0.995. The number of hydrogen-bond acceptors (Lipinski definition) is 2. The maximum Gasteiger partial charge on any atom is 0.337 e. The Bertz CT molecular complexity index is 562. The molecule has 0 fully saturated rings. The third-order valence-corrected chi connectivity index (χ3v) is 2.83. The van der Waals surface area contributed by atoms with Gasteiger partial charge in [0.25, 0.3) is 0 Å². The van der Waals surface area contributed by atoms with E-state index in [-0.39, 0.29) is 5.56 Å². The molecule has 0 aliphatic heterocycles. The van der Waals surface area contributed by atoms with E-state index in [2.05, 4.69) is 0 Å². The number of rotatable bonds is 2. The molecule has 3 nitrogen and oxygen atoms in total. The van der Waals surface area contributed by atoms with E-state index in [1.807, 2.05) is 37.3 Å². The molecule has 17 heavy (non-hydrogen) atoms. The summed E-state index contributed by atoms with van der Waals surface area (Å²) in [6, 6.07) is 13.1. The second kappa shape index (κ2) is 4.29. The first-order valence-electron chi connectivity index (χ1n) is 5.29. The van der Waals surface area contributed by atoms with Crippen LogP contribution in [-0.2, 0) is 0 Å². The van der Waals surface area contributed by atoms with Gasteiger partial charge in [-0.05, 0) is 29.7 Å². The molecule has 0 aliphatic rings. The fraction of sp³-hybridized carbons (Fsp3) is 0.0714. The molecule has 0 aromatic heterocycles. The lowest BCUT2D eigenvalue weighted by atomic mass is 9.96. The first kappa shape index (κ1) is 11.2. The highest BCUT2D eigenvalue weighted by molar-refractivity contribution is 5.96. The monoisotopic (exact) mass is 227 g/mol. The maximum atomic E-state index is 10.9. The van der Waals surface area contributed by atoms with Crippen LogP contribution >= 0.6 is 0 Å². The van der Waals surface area contributed by atoms with Crippen molar-refractivity contribution in [2.24, 2.45) is 0 Å². The summed E-state index contributed by atoms with van der Waals surface area (Å²) in [5.41, 5.74) is 9.13. The average Bonchev–Trinajstić information content (AvgIpc) is 2.33. The minimum Gasteiger partial charge on any atom is -0.478 e. The molecule has 86 valence electrons. The molecule has 0 radical (unpaired) electrons. The van der Waals surface area contributed by atoms with Crippen LogP contribution in [0, 0.1) is 6.92 Å². The normalized spacial score (nSPS) is 10.2. The SMILES string of the molecule is Cc1c(-c2ccccc2)ccc(C(=O)O)c1N. The van der Waals surface area contributed by atoms with E-state index in [1.165, 1.54) is 0 Å². The first-order chi connectivity index (χ1) is 8.11. The third-order valence-electron chi connectivity index (χ3n) is 2.83. The van der Waals surface area contributed by atoms with Gasteiger partial charge >= 0.3 is 5.97 Å². The van der Waals surface area contributed by atoms with E-state index in [9.17, 15) is 4.79 Å². The fourth-order valence-electron chi connectivity index (χ4n) is 1.85. The van der Waals surface area contributed by atoms with Crippen LogP contribution in [0.15, 0.2) is 42.5 Å². The summed E-state index contributed by atoms with van der Waals surface area (Å²) in [5, 5.41) is 8.97. The summed E-state index contributed by atoms with van der Waals surface area (Å²) in [6.07, 6.45) is 0. The lowest BCUT2D eigenvalue weighted by Crippen LogP contribution is -2.04. The summed E-state index contributed by atoms with van der Waals surface area (Å²) in [7, 11) is 0. The molecule has 0 atom stereocenters. The van der Waals surface area contributed by atoms with Gasteiger partial charge in [-0.1, -0.05) is 36.4 Å². The van der Waals surface area contributed by atoms with Crippen molar-refractivity contribution in [3.8, 4) is 11.1 Å². The second-order valence-electron chi connectivity index (χ2n) is 3.87. The Balaban J connectivity index is 2.60. The van der Waals surface area contributed by atoms with Crippen LogP contribution in [0.25, 0.3) is 11.1 Å². The van der Waals surface area contributed by atoms with Gasteiger partial charge in [0.15, 0.2) is 0 Å². The standard InChI is InChI=1S/C14H13NO2/c1-9-11(10-5-3-2-4-6-10)7-8-12(13(9)15)14(16)17/h2-8H,15H2,1H3,(H,16,17). The van der Waals surface area contributed by atoms with E-state index in [0.717, 1.165) is 16.7 Å². The molecule has 0 bridgehead atoms. The minimum absolute atomic E-state index is 0.155. The second-order valence-corrected chi connectivity index (χ2v) is 3.87. The topological polar surface area (TPSA) is 63.3 Å². The Kier molecular flexibility index (Phi) is 2.83. The number of carbonyl (C=O) groups is 1. The molecule has 3 heteroatoms. The van der Waals surface area contributed by atoms with Crippen molar-refractivity contribution in [1.82, 2.24) is 0 Å². The van der Waals surface area contributed by atoms with E-state index < -0.39 is 5.97 Å². The van der Waals surface area contributed by atoms with Gasteiger partial charge in [0.1, 0.15) is 0 Å². The molecular weight excluding hydrogens is 214 g/mol. The molecular formula is C14H13NO2. The zero-order valence-corrected chi connectivity index (χ0v) is 9.47. The Morgan fingerprint density at radius 1 is 1.12 bits per heavy atom. The summed E-state index contributed by atoms with van der Waals surface area (Å²) in [4.78, 5) is 10.9. The third kappa shape index (κ3) is 1.99. The van der Waals surface area contributed by atoms with E-state index >= 15 is 0 Å². The van der Waals surface area contributed by atoms with Gasteiger partial charge in [0.2, 0.25) is 0 Å². The van der Waals surface area contributed by atoms with Crippen molar-refractivity contribution in [2.45, 2.75) is 6.92 Å². The van der Waals surface area contributed by atoms with Crippen LogP contribution in [0.2, 0.25) is 0 Å². The predicted molar refractivity (Wildman–Crippen MR) is 68.0 cm³/mol. The fourth-order valence-corrected chi connectivity index (χ4v) is 1.85. The van der Waals surface area contributed by atoms with E-state index in [1.54, 1.807) is 12.1 Å². The number of benzene rings is 2. The predicted octanol–water partition coefficient (Wildman–Crippen LogP) is 2.94. The van der Waals surface area contributed by atoms with Crippen molar-refractivity contribution in [1.29, 1.82) is 0 Å². The number of nitrogen functional groups attached to an aromatic ring is 1. The van der Waals surface area contributed by atoms with Crippen molar-refractivity contribution in [3.63, 3.8) is 0 Å². The quantitative estimate of drug-likeness (QED) is 0.775. The van der Waals surface area contributed by atoms with Gasteiger partial charge in [0, 0.05) is 5.69 Å². The molecule has 0 heterocycles. The zero-order valence-electron chi connectivity index (χ0n) is 9.47. The number of nitrogens with two attached hydrogens (primary N) is 1. The summed E-state index contributed by atoms with van der Waals surface area (Å²) >= 11 is 0. The molecule has 3 N–H and O–H groups in total. The summed E-state index contributed by atoms with van der Waals surface area (Å²) < 4.78 is 0. The van der Waals surface area contributed by atoms with Gasteiger partial charge in [0.05, 0.1) is 5.56 Å². The van der Waals surface area contributed by atoms with E-state index in [0.29, 0.717) is 5.69 Å². The smallest absolute Gasteiger partial charge is 0.337 e. The van der Waals surface area contributed by atoms with Crippen molar-refractivity contribution >= 4 is 11.7 Å². The number of hydrogen-bond donors (Lipinski definition) is 2. The zero-order chi connectivity index (χ0) is 12.4. The highest BCUT2D eigenvalue weighted by Gasteiger charge is 2.12. The summed E-state index contributed by atoms with van der Waals surface area (Å²) in [5.74, 6) is -0.995. The lowest BCUT2D eigenvalue weighted by molar-refractivity contribution is 0.0698. The number of carboxylic acids is 1. The molecule has 0 saturated carbocycles. The molecule has 0 amide bonds. The molecule has 0 spiro atoms. The molecule has 2 aromatic carbocycles. The Hall–Kier alpha value is -2.29. The molecule has 0 saturated heterocycles. The van der Waals surface area contributed by atoms with Crippen LogP contribution in [0.4, 0.5) is 5.69 Å². The molecule has 2 aromatic rings. The van der Waals surface area contributed by atoms with Gasteiger partial charge < -0.3 is 10.8 Å². The maximum absolute atomic E-state index is 10.9. The molecule has 2 rings (SSSR count). The Labute approximate surface area is 99.5 Å². The van der Waals surface area contributed by atoms with Crippen LogP contribution in [0.3, 0.4) is 0 Å². The van der Waals surface area contributed by atoms with Crippen LogP contribution < -0.4 is 5.73 Å². The average molecular weight is 227 g/mol. The van der Waals surface area contributed by atoms with Crippen molar-refractivity contribution in [3.05, 3.63) is 53.6 Å². The van der Waals surface area contributed by atoms with Gasteiger partial charge in [-0.3, -0.25) is 0 Å². The highest BCUT2D eigenvalue weighted by atomic mass is 16.4. The lowest BCUT2D eigenvalue weighted by Gasteiger charge is -2.11. The number of carboxylic acid groups (broad SMARTS) is 1.